The van der Waals surface area contributed by atoms with Crippen LogP contribution in [-0.2, 0) is 21.4 Å². The summed E-state index contributed by atoms with van der Waals surface area (Å²) in [5.74, 6) is 2.64. The van der Waals surface area contributed by atoms with Gasteiger partial charge in [0.25, 0.3) is 0 Å². The predicted octanol–water partition coefficient (Wildman–Crippen LogP) is 2.99. The number of benzene rings is 1. The molecule has 7 nitrogen and oxygen atoms in total. The lowest BCUT2D eigenvalue weighted by atomic mass is 9.77. The first-order chi connectivity index (χ1) is 14.3. The van der Waals surface area contributed by atoms with Crippen molar-refractivity contribution in [1.82, 2.24) is 9.21 Å². The van der Waals surface area contributed by atoms with E-state index in [-0.39, 0.29) is 37.5 Å². The van der Waals surface area contributed by atoms with Crippen molar-refractivity contribution in [2.24, 2.45) is 11.8 Å². The fourth-order valence-corrected chi connectivity index (χ4v) is 6.46. The van der Waals surface area contributed by atoms with Gasteiger partial charge in [0, 0.05) is 32.1 Å². The third-order valence-electron chi connectivity index (χ3n) is 6.95. The van der Waals surface area contributed by atoms with Crippen LogP contribution in [0.4, 0.5) is 0 Å². The number of rotatable bonds is 6. The second-order valence-corrected chi connectivity index (χ2v) is 11.0. The number of ether oxygens (including phenoxy) is 2. The van der Waals surface area contributed by atoms with Crippen molar-refractivity contribution >= 4 is 15.9 Å². The van der Waals surface area contributed by atoms with E-state index in [1.807, 2.05) is 23.1 Å². The minimum Gasteiger partial charge on any atom is -0.454 e. The van der Waals surface area contributed by atoms with Crippen molar-refractivity contribution in [1.29, 1.82) is 0 Å². The fourth-order valence-electron chi connectivity index (χ4n) is 4.93. The van der Waals surface area contributed by atoms with Crippen molar-refractivity contribution in [3.63, 3.8) is 0 Å². The minimum atomic E-state index is -3.19. The maximum absolute atomic E-state index is 13.3. The highest BCUT2D eigenvalue weighted by atomic mass is 32.2. The Morgan fingerprint density at radius 3 is 2.73 bits per heavy atom. The number of hydrogen-bond donors (Lipinski definition) is 0. The van der Waals surface area contributed by atoms with Crippen LogP contribution in [0.2, 0.25) is 0 Å². The molecule has 0 radical (unpaired) electrons. The summed E-state index contributed by atoms with van der Waals surface area (Å²) in [4.78, 5) is 15.3. The Morgan fingerprint density at radius 2 is 1.97 bits per heavy atom. The number of sulfonamides is 1. The highest BCUT2D eigenvalue weighted by molar-refractivity contribution is 7.89. The molecule has 2 fully saturated rings. The molecule has 2 heterocycles. The van der Waals surface area contributed by atoms with Gasteiger partial charge in [-0.1, -0.05) is 32.8 Å². The van der Waals surface area contributed by atoms with Gasteiger partial charge in [0.2, 0.25) is 22.7 Å². The molecule has 30 heavy (non-hydrogen) atoms. The molecule has 8 heteroatoms. The second-order valence-electron chi connectivity index (χ2n) is 8.86. The zero-order chi connectivity index (χ0) is 21.3. The van der Waals surface area contributed by atoms with Crippen LogP contribution in [0.3, 0.4) is 0 Å². The van der Waals surface area contributed by atoms with Crippen molar-refractivity contribution in [2.45, 2.75) is 58.5 Å². The fraction of sp³-hybridized carbons (Fsp3) is 0.682. The molecule has 1 aliphatic carbocycles. The first-order valence-electron chi connectivity index (χ1n) is 11.0. The summed E-state index contributed by atoms with van der Waals surface area (Å²) in [7, 11) is -3.19. The molecule has 1 saturated carbocycles. The number of amides is 1. The Hall–Kier alpha value is -1.80. The number of hydrogen-bond acceptors (Lipinski definition) is 5. The monoisotopic (exact) mass is 436 g/mol. The van der Waals surface area contributed by atoms with E-state index in [0.29, 0.717) is 37.1 Å². The molecule has 3 atom stereocenters. The molecular weight excluding hydrogens is 404 g/mol. The average Bonchev–Trinajstić information content (AvgIpc) is 3.31. The molecule has 0 unspecified atom stereocenters. The maximum Gasteiger partial charge on any atom is 0.231 e. The molecular formula is C22H32N2O5S. The quantitative estimate of drug-likeness (QED) is 0.685. The minimum absolute atomic E-state index is 0.0284. The largest absolute Gasteiger partial charge is 0.454 e. The molecule has 1 aromatic carbocycles. The summed E-state index contributed by atoms with van der Waals surface area (Å²) in [6, 6.07) is 5.99. The van der Waals surface area contributed by atoms with E-state index in [1.165, 1.54) is 10.7 Å². The van der Waals surface area contributed by atoms with Gasteiger partial charge in [-0.3, -0.25) is 4.79 Å². The van der Waals surface area contributed by atoms with Crippen LogP contribution >= 0.6 is 0 Å². The molecule has 0 N–H and O–H groups in total. The lowest BCUT2D eigenvalue weighted by Crippen LogP contribution is -2.47. The van der Waals surface area contributed by atoms with E-state index in [4.69, 9.17) is 9.47 Å². The number of nitrogens with zero attached hydrogens (tertiary/aromatic N) is 2. The van der Waals surface area contributed by atoms with Crippen LogP contribution in [0.1, 0.15) is 51.5 Å². The van der Waals surface area contributed by atoms with Gasteiger partial charge < -0.3 is 14.4 Å². The standard InChI is InChI=1S/C22H32N2O5S/c1-16-5-3-6-19(17(16)2)24(14-18-7-8-20-21(13-18)29-15-28-20)22(25)9-11-23-10-4-12-30(23,26)27/h7-8,13,16-17,19H,3-6,9-12,14-15H2,1-2H3/t16-,17-,19+/m1/s1. The Labute approximate surface area is 179 Å². The predicted molar refractivity (Wildman–Crippen MR) is 114 cm³/mol. The average molecular weight is 437 g/mol. The smallest absolute Gasteiger partial charge is 0.231 e. The van der Waals surface area contributed by atoms with Gasteiger partial charge in [-0.2, -0.15) is 0 Å². The first-order valence-corrected chi connectivity index (χ1v) is 12.6. The van der Waals surface area contributed by atoms with Crippen LogP contribution in [0.15, 0.2) is 18.2 Å². The van der Waals surface area contributed by atoms with E-state index in [1.54, 1.807) is 0 Å². The summed E-state index contributed by atoms with van der Waals surface area (Å²) >= 11 is 0. The molecule has 2 aliphatic heterocycles. The molecule has 1 aromatic rings. The highest BCUT2D eigenvalue weighted by Crippen LogP contribution is 2.36. The van der Waals surface area contributed by atoms with E-state index >= 15 is 0 Å². The Balaban J connectivity index is 1.51. The summed E-state index contributed by atoms with van der Waals surface area (Å²) in [6.07, 6.45) is 4.16. The third-order valence-corrected chi connectivity index (χ3v) is 8.91. The molecule has 0 spiro atoms. The summed E-state index contributed by atoms with van der Waals surface area (Å²) < 4.78 is 36.6. The summed E-state index contributed by atoms with van der Waals surface area (Å²) in [5, 5.41) is 0. The number of carbonyl (C=O) groups is 1. The van der Waals surface area contributed by atoms with E-state index in [0.717, 1.165) is 24.2 Å². The maximum atomic E-state index is 13.3. The van der Waals surface area contributed by atoms with Gasteiger partial charge in [-0.25, -0.2) is 12.7 Å². The molecule has 166 valence electrons. The Bertz CT molecular complexity index is 888. The second kappa shape index (κ2) is 8.75. The lowest BCUT2D eigenvalue weighted by molar-refractivity contribution is -0.137. The zero-order valence-corrected chi connectivity index (χ0v) is 18.7. The molecule has 3 aliphatic rings. The van der Waals surface area contributed by atoms with Crippen molar-refractivity contribution in [3.05, 3.63) is 23.8 Å². The Kier molecular flexibility index (Phi) is 6.25. The van der Waals surface area contributed by atoms with Crippen LogP contribution in [0, 0.1) is 11.8 Å². The molecule has 0 aromatic heterocycles. The van der Waals surface area contributed by atoms with Gasteiger partial charge in [0.15, 0.2) is 11.5 Å². The van der Waals surface area contributed by atoms with Crippen molar-refractivity contribution in [3.8, 4) is 11.5 Å². The summed E-state index contributed by atoms with van der Waals surface area (Å²) in [6.45, 7) is 6.02. The summed E-state index contributed by atoms with van der Waals surface area (Å²) in [5.41, 5.74) is 1.01. The topological polar surface area (TPSA) is 76.2 Å². The Morgan fingerprint density at radius 1 is 1.17 bits per heavy atom. The van der Waals surface area contributed by atoms with Crippen molar-refractivity contribution < 1.29 is 22.7 Å². The number of carbonyl (C=O) groups excluding carboxylic acids is 1. The highest BCUT2D eigenvalue weighted by Gasteiger charge is 2.35. The van der Waals surface area contributed by atoms with Gasteiger partial charge in [-0.05, 0) is 42.4 Å². The molecule has 1 saturated heterocycles. The van der Waals surface area contributed by atoms with E-state index < -0.39 is 10.0 Å². The van der Waals surface area contributed by atoms with Gasteiger partial charge in [-0.15, -0.1) is 0 Å². The third kappa shape index (κ3) is 4.44. The normalized spacial score (nSPS) is 27.9. The molecule has 1 amide bonds. The van der Waals surface area contributed by atoms with Crippen LogP contribution in [0.5, 0.6) is 11.5 Å². The molecule has 0 bridgehead atoms. The van der Waals surface area contributed by atoms with Gasteiger partial charge in [0.1, 0.15) is 0 Å². The van der Waals surface area contributed by atoms with E-state index in [9.17, 15) is 13.2 Å². The van der Waals surface area contributed by atoms with Crippen LogP contribution in [-0.4, -0.2) is 55.2 Å². The first kappa shape index (κ1) is 21.4. The lowest BCUT2D eigenvalue weighted by Gasteiger charge is -2.42. The number of fused-ring (bicyclic) bond motifs is 1. The molecule has 4 rings (SSSR count). The SMILES string of the molecule is C[C@@H]1[C@H](C)CCC[C@@H]1N(Cc1ccc2c(c1)OCO2)C(=O)CCN1CCCS1(=O)=O. The van der Waals surface area contributed by atoms with Crippen LogP contribution < -0.4 is 9.47 Å². The van der Waals surface area contributed by atoms with Crippen LogP contribution in [0.25, 0.3) is 0 Å². The van der Waals surface area contributed by atoms with Gasteiger partial charge in [0.05, 0.1) is 5.75 Å². The van der Waals surface area contributed by atoms with E-state index in [2.05, 4.69) is 13.8 Å². The van der Waals surface area contributed by atoms with Gasteiger partial charge >= 0.3 is 0 Å². The van der Waals surface area contributed by atoms with Crippen molar-refractivity contribution in [2.75, 3.05) is 25.6 Å². The zero-order valence-electron chi connectivity index (χ0n) is 17.9.